The van der Waals surface area contributed by atoms with Gasteiger partial charge in [-0.2, -0.15) is 5.10 Å². The van der Waals surface area contributed by atoms with Gasteiger partial charge in [-0.3, -0.25) is 4.68 Å². The van der Waals surface area contributed by atoms with Gasteiger partial charge in [0.05, 0.1) is 11.8 Å². The molecule has 0 fully saturated rings. The van der Waals surface area contributed by atoms with Gasteiger partial charge in [-0.15, -0.1) is 11.3 Å². The van der Waals surface area contributed by atoms with Gasteiger partial charge in [-0.05, 0) is 49.6 Å². The molecule has 1 atom stereocenters. The van der Waals surface area contributed by atoms with E-state index in [2.05, 4.69) is 18.9 Å². The predicted octanol–water partition coefficient (Wildman–Crippen LogP) is 4.09. The Morgan fingerprint density at radius 2 is 2.10 bits per heavy atom. The van der Waals surface area contributed by atoms with E-state index in [-0.39, 0.29) is 5.82 Å². The van der Waals surface area contributed by atoms with Crippen LogP contribution in [0.2, 0.25) is 0 Å². The van der Waals surface area contributed by atoms with Gasteiger partial charge < -0.3 is 5.11 Å². The topological polar surface area (TPSA) is 38.0 Å². The van der Waals surface area contributed by atoms with E-state index in [1.807, 2.05) is 23.0 Å². The first-order valence-corrected chi connectivity index (χ1v) is 7.75. The average Bonchev–Trinajstić information content (AvgIpc) is 3.04. The zero-order valence-electron chi connectivity index (χ0n) is 12.0. The lowest BCUT2D eigenvalue weighted by Gasteiger charge is -2.07. The van der Waals surface area contributed by atoms with Crippen LogP contribution < -0.4 is 0 Å². The Morgan fingerprint density at radius 3 is 2.81 bits per heavy atom. The molecule has 0 saturated heterocycles. The minimum Gasteiger partial charge on any atom is -0.387 e. The van der Waals surface area contributed by atoms with Gasteiger partial charge in [0.1, 0.15) is 5.82 Å². The molecule has 0 radical (unpaired) electrons. The first kappa shape index (κ1) is 14.2. The van der Waals surface area contributed by atoms with Crippen LogP contribution in [-0.2, 0) is 6.42 Å². The van der Waals surface area contributed by atoms with Crippen molar-refractivity contribution < 1.29 is 9.50 Å². The fraction of sp³-hybridized carbons (Fsp3) is 0.312. The molecule has 0 aliphatic rings. The number of halogens is 1. The van der Waals surface area contributed by atoms with Crippen LogP contribution in [0.15, 0.2) is 36.5 Å². The molecule has 3 nitrogen and oxygen atoms in total. The molecule has 0 aliphatic carbocycles. The SMILES string of the molecule is CC(C)n1ccc(CC(O)c2cc3cc(F)ccc3s2)n1. The fourth-order valence-corrected chi connectivity index (χ4v) is 3.30. The first-order valence-electron chi connectivity index (χ1n) is 6.94. The van der Waals surface area contributed by atoms with Crippen molar-refractivity contribution in [3.8, 4) is 0 Å². The van der Waals surface area contributed by atoms with E-state index >= 15 is 0 Å². The molecule has 110 valence electrons. The van der Waals surface area contributed by atoms with Gasteiger partial charge in [0.2, 0.25) is 0 Å². The molecule has 0 spiro atoms. The summed E-state index contributed by atoms with van der Waals surface area (Å²) >= 11 is 1.50. The number of hydrogen-bond donors (Lipinski definition) is 1. The van der Waals surface area contributed by atoms with Crippen LogP contribution in [0.1, 0.15) is 36.6 Å². The lowest BCUT2D eigenvalue weighted by atomic mass is 10.1. The molecule has 1 unspecified atom stereocenters. The van der Waals surface area contributed by atoms with E-state index in [1.54, 1.807) is 6.07 Å². The van der Waals surface area contributed by atoms with Crippen LogP contribution in [0.3, 0.4) is 0 Å². The molecule has 3 rings (SSSR count). The maximum Gasteiger partial charge on any atom is 0.123 e. The van der Waals surface area contributed by atoms with Gasteiger partial charge >= 0.3 is 0 Å². The number of aliphatic hydroxyl groups is 1. The maximum atomic E-state index is 13.2. The molecule has 0 saturated carbocycles. The van der Waals surface area contributed by atoms with Crippen molar-refractivity contribution in [2.45, 2.75) is 32.4 Å². The number of fused-ring (bicyclic) bond motifs is 1. The highest BCUT2D eigenvalue weighted by Gasteiger charge is 2.14. The fourth-order valence-electron chi connectivity index (χ4n) is 2.27. The Balaban J connectivity index is 1.80. The first-order chi connectivity index (χ1) is 10.0. The summed E-state index contributed by atoms with van der Waals surface area (Å²) in [6, 6.07) is 8.78. The zero-order valence-corrected chi connectivity index (χ0v) is 12.8. The van der Waals surface area contributed by atoms with Gasteiger partial charge in [0.15, 0.2) is 0 Å². The second-order valence-corrected chi connectivity index (χ2v) is 6.55. The van der Waals surface area contributed by atoms with Crippen molar-refractivity contribution in [1.82, 2.24) is 9.78 Å². The Morgan fingerprint density at radius 1 is 1.29 bits per heavy atom. The number of aliphatic hydroxyl groups excluding tert-OH is 1. The summed E-state index contributed by atoms with van der Waals surface area (Å²) in [4.78, 5) is 0.842. The Bertz CT molecular complexity index is 763. The molecule has 0 amide bonds. The summed E-state index contributed by atoms with van der Waals surface area (Å²) in [6.45, 7) is 4.13. The lowest BCUT2D eigenvalue weighted by Crippen LogP contribution is -2.04. The van der Waals surface area contributed by atoms with Gasteiger partial charge in [0.25, 0.3) is 0 Å². The van der Waals surface area contributed by atoms with Crippen LogP contribution in [0, 0.1) is 5.82 Å². The van der Waals surface area contributed by atoms with Crippen molar-refractivity contribution in [2.24, 2.45) is 0 Å². The highest BCUT2D eigenvalue weighted by molar-refractivity contribution is 7.19. The van der Waals surface area contributed by atoms with E-state index in [9.17, 15) is 9.50 Å². The highest BCUT2D eigenvalue weighted by Crippen LogP contribution is 2.31. The van der Waals surface area contributed by atoms with E-state index in [0.29, 0.717) is 12.5 Å². The molecular formula is C16H17FN2OS. The summed E-state index contributed by atoms with van der Waals surface area (Å²) < 4.78 is 16.1. The summed E-state index contributed by atoms with van der Waals surface area (Å²) in [5, 5.41) is 15.6. The summed E-state index contributed by atoms with van der Waals surface area (Å²) in [6.07, 6.45) is 1.78. The minimum atomic E-state index is -0.610. The van der Waals surface area contributed by atoms with Crippen molar-refractivity contribution in [3.05, 3.63) is 52.9 Å². The second-order valence-electron chi connectivity index (χ2n) is 5.43. The Kier molecular flexibility index (Phi) is 3.78. The Hall–Kier alpha value is -1.72. The third-order valence-corrected chi connectivity index (χ3v) is 4.64. The standard InChI is InChI=1S/C16H17FN2OS/c1-10(2)19-6-5-13(18-19)9-14(20)16-8-11-7-12(17)3-4-15(11)21-16/h3-8,10,14,20H,9H2,1-2H3. The lowest BCUT2D eigenvalue weighted by molar-refractivity contribution is 0.180. The number of hydrogen-bond acceptors (Lipinski definition) is 3. The van der Waals surface area contributed by atoms with Crippen LogP contribution in [0.5, 0.6) is 0 Å². The minimum absolute atomic E-state index is 0.253. The molecule has 2 heterocycles. The molecule has 0 aliphatic heterocycles. The molecule has 2 aromatic heterocycles. The molecule has 1 aromatic carbocycles. The molecule has 5 heteroatoms. The number of thiophene rings is 1. The number of nitrogens with zero attached hydrogens (tertiary/aromatic N) is 2. The van der Waals surface area contributed by atoms with Crippen LogP contribution in [0.25, 0.3) is 10.1 Å². The highest BCUT2D eigenvalue weighted by atomic mass is 32.1. The molecule has 3 aromatic rings. The summed E-state index contributed by atoms with van der Waals surface area (Å²) in [5.74, 6) is -0.253. The van der Waals surface area contributed by atoms with Gasteiger partial charge in [-0.1, -0.05) is 0 Å². The largest absolute Gasteiger partial charge is 0.387 e. The third-order valence-electron chi connectivity index (χ3n) is 3.42. The number of rotatable bonds is 4. The Labute approximate surface area is 126 Å². The van der Waals surface area contributed by atoms with E-state index in [1.165, 1.54) is 23.5 Å². The molecular weight excluding hydrogens is 287 g/mol. The number of aromatic nitrogens is 2. The van der Waals surface area contributed by atoms with Gasteiger partial charge in [-0.25, -0.2) is 4.39 Å². The van der Waals surface area contributed by atoms with Crippen molar-refractivity contribution >= 4 is 21.4 Å². The van der Waals surface area contributed by atoms with Crippen molar-refractivity contribution in [1.29, 1.82) is 0 Å². The summed E-state index contributed by atoms with van der Waals surface area (Å²) in [7, 11) is 0. The van der Waals surface area contributed by atoms with Crippen LogP contribution in [0.4, 0.5) is 4.39 Å². The van der Waals surface area contributed by atoms with Crippen LogP contribution in [-0.4, -0.2) is 14.9 Å². The maximum absolute atomic E-state index is 13.2. The third kappa shape index (κ3) is 2.99. The van der Waals surface area contributed by atoms with E-state index < -0.39 is 6.10 Å². The number of benzene rings is 1. The quantitative estimate of drug-likeness (QED) is 0.788. The van der Waals surface area contributed by atoms with Crippen molar-refractivity contribution in [2.75, 3.05) is 0 Å². The van der Waals surface area contributed by atoms with Crippen LogP contribution >= 0.6 is 11.3 Å². The van der Waals surface area contributed by atoms with E-state index in [4.69, 9.17) is 0 Å². The molecule has 21 heavy (non-hydrogen) atoms. The molecule has 1 N–H and O–H groups in total. The van der Waals surface area contributed by atoms with E-state index in [0.717, 1.165) is 20.7 Å². The normalized spacial score (nSPS) is 13.2. The average molecular weight is 304 g/mol. The second kappa shape index (κ2) is 5.58. The monoisotopic (exact) mass is 304 g/mol. The van der Waals surface area contributed by atoms with Crippen molar-refractivity contribution in [3.63, 3.8) is 0 Å². The van der Waals surface area contributed by atoms with Gasteiger partial charge in [0, 0.05) is 28.2 Å². The zero-order chi connectivity index (χ0) is 15.0. The predicted molar refractivity (Wildman–Crippen MR) is 83.1 cm³/mol. The summed E-state index contributed by atoms with van der Waals surface area (Å²) in [5.41, 5.74) is 0.861. The molecule has 0 bridgehead atoms. The smallest absolute Gasteiger partial charge is 0.123 e.